The lowest BCUT2D eigenvalue weighted by atomic mass is 9.96. The van der Waals surface area contributed by atoms with Crippen LogP contribution in [0.3, 0.4) is 0 Å². The van der Waals surface area contributed by atoms with Gasteiger partial charge in [-0.3, -0.25) is 0 Å². The zero-order valence-electron chi connectivity index (χ0n) is 12.6. The molecular formula is C17H23N3. The van der Waals surface area contributed by atoms with Crippen LogP contribution in [0.5, 0.6) is 0 Å². The van der Waals surface area contributed by atoms with Crippen molar-refractivity contribution < 1.29 is 0 Å². The van der Waals surface area contributed by atoms with Gasteiger partial charge in [-0.1, -0.05) is 31.2 Å². The summed E-state index contributed by atoms with van der Waals surface area (Å²) in [5, 5.41) is 3.65. The van der Waals surface area contributed by atoms with Crippen molar-refractivity contribution >= 4 is 0 Å². The van der Waals surface area contributed by atoms with Gasteiger partial charge in [0.1, 0.15) is 0 Å². The first-order chi connectivity index (χ1) is 9.70. The minimum Gasteiger partial charge on any atom is -0.330 e. The molecule has 0 saturated carbocycles. The van der Waals surface area contributed by atoms with Crippen molar-refractivity contribution in [2.24, 2.45) is 0 Å². The van der Waals surface area contributed by atoms with Gasteiger partial charge in [-0.2, -0.15) is 0 Å². The highest BCUT2D eigenvalue weighted by atomic mass is 15.1. The van der Waals surface area contributed by atoms with Crippen molar-refractivity contribution in [2.75, 3.05) is 6.54 Å². The number of rotatable bonds is 3. The molecule has 3 rings (SSSR count). The fraction of sp³-hybridized carbons (Fsp3) is 0.471. The smallest absolute Gasteiger partial charge is 0.0954 e. The molecule has 2 heterocycles. The lowest BCUT2D eigenvalue weighted by molar-refractivity contribution is 0.491. The van der Waals surface area contributed by atoms with Gasteiger partial charge in [-0.15, -0.1) is 0 Å². The molecule has 1 unspecified atom stereocenters. The van der Waals surface area contributed by atoms with E-state index in [0.29, 0.717) is 6.04 Å². The van der Waals surface area contributed by atoms with Gasteiger partial charge >= 0.3 is 0 Å². The molecule has 3 nitrogen and oxygen atoms in total. The summed E-state index contributed by atoms with van der Waals surface area (Å²) in [5.74, 6) is 0. The van der Waals surface area contributed by atoms with E-state index in [0.717, 1.165) is 19.4 Å². The number of aromatic nitrogens is 2. The first kappa shape index (κ1) is 13.4. The highest BCUT2D eigenvalue weighted by molar-refractivity contribution is 5.35. The van der Waals surface area contributed by atoms with Crippen molar-refractivity contribution in [3.8, 4) is 0 Å². The summed E-state index contributed by atoms with van der Waals surface area (Å²) in [5.41, 5.74) is 5.32. The van der Waals surface area contributed by atoms with Crippen molar-refractivity contribution in [2.45, 2.75) is 45.7 Å². The van der Waals surface area contributed by atoms with Crippen LogP contribution in [0.25, 0.3) is 0 Å². The lowest BCUT2D eigenvalue weighted by Crippen LogP contribution is -2.32. The second-order valence-corrected chi connectivity index (χ2v) is 5.81. The number of hydrogen-bond acceptors (Lipinski definition) is 2. The summed E-state index contributed by atoms with van der Waals surface area (Å²) < 4.78 is 2.31. The second kappa shape index (κ2) is 5.41. The Bertz CT molecular complexity index is 581. The molecule has 0 amide bonds. The standard InChI is InChI=1S/C17H23N3/c1-4-13-5-7-14(8-6-13)16-17-15(9-10-18-16)19-11-20(17)12(2)3/h5-8,11-12,16,18H,4,9-10H2,1-3H3. The number of benzene rings is 1. The minimum absolute atomic E-state index is 0.273. The van der Waals surface area contributed by atoms with Crippen LogP contribution in [-0.4, -0.2) is 16.1 Å². The van der Waals surface area contributed by atoms with Crippen LogP contribution >= 0.6 is 0 Å². The summed E-state index contributed by atoms with van der Waals surface area (Å²) in [6, 6.07) is 9.70. The molecule has 2 aromatic rings. The maximum atomic E-state index is 4.61. The Balaban J connectivity index is 2.01. The van der Waals surface area contributed by atoms with Crippen LogP contribution in [0, 0.1) is 0 Å². The number of imidazole rings is 1. The Labute approximate surface area is 121 Å². The molecule has 1 atom stereocenters. The molecule has 0 radical (unpaired) electrons. The minimum atomic E-state index is 0.273. The van der Waals surface area contributed by atoms with E-state index in [-0.39, 0.29) is 6.04 Å². The van der Waals surface area contributed by atoms with Gasteiger partial charge in [0.15, 0.2) is 0 Å². The van der Waals surface area contributed by atoms with E-state index in [1.165, 1.54) is 22.5 Å². The van der Waals surface area contributed by atoms with Crippen molar-refractivity contribution in [3.63, 3.8) is 0 Å². The fourth-order valence-electron chi connectivity index (χ4n) is 2.98. The largest absolute Gasteiger partial charge is 0.330 e. The van der Waals surface area contributed by atoms with Crippen LogP contribution < -0.4 is 5.32 Å². The molecule has 106 valence electrons. The average Bonchev–Trinajstić information content (AvgIpc) is 2.91. The Morgan fingerprint density at radius 2 is 2.05 bits per heavy atom. The molecule has 1 aliphatic rings. The van der Waals surface area contributed by atoms with Crippen molar-refractivity contribution in [1.82, 2.24) is 14.9 Å². The van der Waals surface area contributed by atoms with Gasteiger partial charge in [0.2, 0.25) is 0 Å². The van der Waals surface area contributed by atoms with Crippen LogP contribution in [0.2, 0.25) is 0 Å². The van der Waals surface area contributed by atoms with Gasteiger partial charge < -0.3 is 9.88 Å². The van der Waals surface area contributed by atoms with E-state index in [1.807, 2.05) is 6.33 Å². The van der Waals surface area contributed by atoms with E-state index < -0.39 is 0 Å². The van der Waals surface area contributed by atoms with Crippen LogP contribution in [0.15, 0.2) is 30.6 Å². The molecule has 0 bridgehead atoms. The maximum Gasteiger partial charge on any atom is 0.0954 e. The van der Waals surface area contributed by atoms with Crippen LogP contribution in [-0.2, 0) is 12.8 Å². The van der Waals surface area contributed by atoms with Gasteiger partial charge in [-0.25, -0.2) is 4.98 Å². The molecule has 1 aromatic heterocycles. The van der Waals surface area contributed by atoms with E-state index in [4.69, 9.17) is 0 Å². The molecule has 0 aliphatic carbocycles. The van der Waals surface area contributed by atoms with Gasteiger partial charge in [0.25, 0.3) is 0 Å². The molecule has 0 saturated heterocycles. The van der Waals surface area contributed by atoms with Gasteiger partial charge in [-0.05, 0) is 31.4 Å². The molecule has 0 spiro atoms. The number of nitrogens with zero attached hydrogens (tertiary/aromatic N) is 2. The van der Waals surface area contributed by atoms with Gasteiger partial charge in [0.05, 0.1) is 23.8 Å². The third-order valence-electron chi connectivity index (χ3n) is 4.17. The zero-order chi connectivity index (χ0) is 14.1. The SMILES string of the molecule is CCc1ccc(C2NCCc3ncn(C(C)C)c32)cc1. The van der Waals surface area contributed by atoms with E-state index in [1.54, 1.807) is 0 Å². The molecule has 0 fully saturated rings. The Hall–Kier alpha value is -1.61. The average molecular weight is 269 g/mol. The topological polar surface area (TPSA) is 29.9 Å². The molecule has 20 heavy (non-hydrogen) atoms. The number of aryl methyl sites for hydroxylation is 1. The number of hydrogen-bond donors (Lipinski definition) is 1. The number of nitrogens with one attached hydrogen (secondary N) is 1. The molecule has 1 aromatic carbocycles. The Kier molecular flexibility index (Phi) is 3.62. The van der Waals surface area contributed by atoms with Gasteiger partial charge in [0, 0.05) is 19.0 Å². The van der Waals surface area contributed by atoms with Crippen LogP contribution in [0.4, 0.5) is 0 Å². The normalized spacial score (nSPS) is 18.3. The molecule has 1 N–H and O–H groups in total. The molecule has 1 aliphatic heterocycles. The van der Waals surface area contributed by atoms with Crippen molar-refractivity contribution in [1.29, 1.82) is 0 Å². The summed E-state index contributed by atoms with van der Waals surface area (Å²) in [4.78, 5) is 4.61. The highest BCUT2D eigenvalue weighted by Gasteiger charge is 2.26. The first-order valence-corrected chi connectivity index (χ1v) is 7.58. The fourth-order valence-corrected chi connectivity index (χ4v) is 2.98. The summed E-state index contributed by atoms with van der Waals surface area (Å²) in [6.07, 6.45) is 4.11. The van der Waals surface area contributed by atoms with E-state index in [2.05, 4.69) is 59.9 Å². The predicted molar refractivity (Wildman–Crippen MR) is 82.0 cm³/mol. The summed E-state index contributed by atoms with van der Waals surface area (Å²) in [6.45, 7) is 7.63. The quantitative estimate of drug-likeness (QED) is 0.927. The second-order valence-electron chi connectivity index (χ2n) is 5.81. The summed E-state index contributed by atoms with van der Waals surface area (Å²) >= 11 is 0. The zero-order valence-corrected chi connectivity index (χ0v) is 12.6. The number of fused-ring (bicyclic) bond motifs is 1. The van der Waals surface area contributed by atoms with E-state index >= 15 is 0 Å². The Morgan fingerprint density at radius 3 is 2.70 bits per heavy atom. The Morgan fingerprint density at radius 1 is 1.30 bits per heavy atom. The highest BCUT2D eigenvalue weighted by Crippen LogP contribution is 2.30. The third-order valence-corrected chi connectivity index (χ3v) is 4.17. The molecular weight excluding hydrogens is 246 g/mol. The van der Waals surface area contributed by atoms with E-state index in [9.17, 15) is 0 Å². The summed E-state index contributed by atoms with van der Waals surface area (Å²) in [7, 11) is 0. The predicted octanol–water partition coefficient (Wildman–Crippen LogP) is 3.26. The van der Waals surface area contributed by atoms with Crippen molar-refractivity contribution in [3.05, 3.63) is 53.1 Å². The lowest BCUT2D eigenvalue weighted by Gasteiger charge is -2.27. The van der Waals surface area contributed by atoms with Crippen LogP contribution in [0.1, 0.15) is 55.4 Å². The maximum absolute atomic E-state index is 4.61. The third kappa shape index (κ3) is 2.27. The monoisotopic (exact) mass is 269 g/mol. The first-order valence-electron chi connectivity index (χ1n) is 7.58. The molecule has 3 heteroatoms.